The number of ether oxygens (including phenoxy) is 1. The van der Waals surface area contributed by atoms with Crippen LogP contribution in [0.15, 0.2) is 40.8 Å². The van der Waals surface area contributed by atoms with Gasteiger partial charge in [-0.25, -0.2) is 0 Å². The molecule has 7 heteroatoms. The first-order valence-electron chi connectivity index (χ1n) is 5.55. The summed E-state index contributed by atoms with van der Waals surface area (Å²) in [6.45, 7) is 0.247. The van der Waals surface area contributed by atoms with Crippen molar-refractivity contribution in [2.45, 2.75) is 12.9 Å². The summed E-state index contributed by atoms with van der Waals surface area (Å²) in [6, 6.07) is 10.4. The molecule has 0 fully saturated rings. The quantitative estimate of drug-likeness (QED) is 0.929. The highest BCUT2D eigenvalue weighted by Gasteiger charge is 2.31. The van der Waals surface area contributed by atoms with Gasteiger partial charge < -0.3 is 14.5 Å². The van der Waals surface area contributed by atoms with Crippen LogP contribution in [0.2, 0.25) is 0 Å². The van der Waals surface area contributed by atoms with Crippen LogP contribution in [0.3, 0.4) is 0 Å². The molecule has 2 rings (SSSR count). The van der Waals surface area contributed by atoms with Gasteiger partial charge in [-0.05, 0) is 24.3 Å². The summed E-state index contributed by atoms with van der Waals surface area (Å²) < 4.78 is 45.2. The van der Waals surface area contributed by atoms with E-state index in [-0.39, 0.29) is 18.1 Å². The molecule has 104 valence electrons. The number of nitrogens with zero attached hydrogens (tertiary/aromatic N) is 1. The molecule has 0 spiro atoms. The third kappa shape index (κ3) is 3.95. The molecule has 0 unspecified atom stereocenters. The van der Waals surface area contributed by atoms with Crippen LogP contribution >= 0.6 is 0 Å². The van der Waals surface area contributed by atoms with Crippen molar-refractivity contribution in [2.24, 2.45) is 0 Å². The maximum atomic E-state index is 12.1. The van der Waals surface area contributed by atoms with E-state index in [0.717, 1.165) is 0 Å². The van der Waals surface area contributed by atoms with Gasteiger partial charge in [-0.2, -0.15) is 5.26 Å². The van der Waals surface area contributed by atoms with Gasteiger partial charge >= 0.3 is 6.36 Å². The van der Waals surface area contributed by atoms with Gasteiger partial charge in [-0.15, -0.1) is 13.2 Å². The Morgan fingerprint density at radius 2 is 2.05 bits per heavy atom. The number of halogens is 3. The molecule has 2 aromatic rings. The van der Waals surface area contributed by atoms with Crippen molar-refractivity contribution < 1.29 is 22.3 Å². The lowest BCUT2D eigenvalue weighted by Gasteiger charge is -2.10. The Hall–Kier alpha value is -2.62. The van der Waals surface area contributed by atoms with Gasteiger partial charge in [0, 0.05) is 11.8 Å². The molecule has 1 heterocycles. The van der Waals surface area contributed by atoms with Gasteiger partial charge in [0.05, 0.1) is 6.54 Å². The average molecular weight is 282 g/mol. The first-order valence-corrected chi connectivity index (χ1v) is 5.55. The standard InChI is InChI=1S/C13H9F3N2O2/c14-13(15,16)20-10-3-1-2-9(6-10)18-8-12-5-4-11(7-17)19-12/h1-6,18H,8H2. The molecule has 20 heavy (non-hydrogen) atoms. The number of alkyl halides is 3. The summed E-state index contributed by atoms with van der Waals surface area (Å²) >= 11 is 0. The van der Waals surface area contributed by atoms with Crippen molar-refractivity contribution in [1.29, 1.82) is 5.26 Å². The van der Waals surface area contributed by atoms with Crippen molar-refractivity contribution in [2.75, 3.05) is 5.32 Å². The molecule has 0 radical (unpaired) electrons. The Labute approximate surface area is 112 Å². The summed E-state index contributed by atoms with van der Waals surface area (Å²) in [5.74, 6) is 0.374. The Balaban J connectivity index is 1.99. The second-order valence-corrected chi connectivity index (χ2v) is 3.81. The zero-order valence-corrected chi connectivity index (χ0v) is 10.1. The maximum absolute atomic E-state index is 12.1. The Morgan fingerprint density at radius 1 is 1.25 bits per heavy atom. The monoisotopic (exact) mass is 282 g/mol. The SMILES string of the molecule is N#Cc1ccc(CNc2cccc(OC(F)(F)F)c2)o1. The van der Waals surface area contributed by atoms with Crippen LogP contribution in [-0.2, 0) is 6.54 Å². The molecule has 4 nitrogen and oxygen atoms in total. The van der Waals surface area contributed by atoms with Gasteiger partial charge in [0.1, 0.15) is 17.6 Å². The van der Waals surface area contributed by atoms with Crippen LogP contribution in [0.25, 0.3) is 0 Å². The summed E-state index contributed by atoms with van der Waals surface area (Å²) in [5, 5.41) is 11.5. The van der Waals surface area contributed by atoms with Gasteiger partial charge in [0.2, 0.25) is 5.76 Å². The number of hydrogen-bond donors (Lipinski definition) is 1. The number of furan rings is 1. The van der Waals surface area contributed by atoms with Crippen LogP contribution in [0.1, 0.15) is 11.5 Å². The van der Waals surface area contributed by atoms with Gasteiger partial charge in [-0.3, -0.25) is 0 Å². The zero-order valence-electron chi connectivity index (χ0n) is 10.1. The van der Waals surface area contributed by atoms with E-state index in [4.69, 9.17) is 9.68 Å². The summed E-state index contributed by atoms with van der Waals surface area (Å²) in [5.41, 5.74) is 0.446. The average Bonchev–Trinajstić information content (AvgIpc) is 2.83. The Bertz CT molecular complexity index is 629. The van der Waals surface area contributed by atoms with E-state index in [1.165, 1.54) is 24.3 Å². The molecule has 1 aromatic heterocycles. The fourth-order valence-electron chi connectivity index (χ4n) is 1.53. The minimum Gasteiger partial charge on any atom is -0.449 e. The minimum absolute atomic E-state index is 0.177. The topological polar surface area (TPSA) is 58.2 Å². The summed E-state index contributed by atoms with van der Waals surface area (Å²) in [6.07, 6.45) is -4.72. The van der Waals surface area contributed by atoms with Crippen LogP contribution in [0, 0.1) is 11.3 Å². The molecule has 0 amide bonds. The Kier molecular flexibility index (Phi) is 3.84. The number of nitriles is 1. The third-order valence-electron chi connectivity index (χ3n) is 2.31. The van der Waals surface area contributed by atoms with E-state index in [1.54, 1.807) is 12.1 Å². The number of rotatable bonds is 4. The largest absolute Gasteiger partial charge is 0.573 e. The van der Waals surface area contributed by atoms with Crippen LogP contribution in [-0.4, -0.2) is 6.36 Å². The van der Waals surface area contributed by atoms with Crippen LogP contribution in [0.4, 0.5) is 18.9 Å². The minimum atomic E-state index is -4.72. The lowest BCUT2D eigenvalue weighted by atomic mass is 10.3. The third-order valence-corrected chi connectivity index (χ3v) is 2.31. The van der Waals surface area contributed by atoms with Gasteiger partial charge in [0.25, 0.3) is 0 Å². The first kappa shape index (κ1) is 13.8. The number of anilines is 1. The molecule has 0 atom stereocenters. The predicted octanol–water partition coefficient (Wildman–Crippen LogP) is 3.66. The van der Waals surface area contributed by atoms with Gasteiger partial charge in [-0.1, -0.05) is 6.07 Å². The fraction of sp³-hybridized carbons (Fsp3) is 0.154. The van der Waals surface area contributed by atoms with Crippen LogP contribution in [0.5, 0.6) is 5.75 Å². The molecule has 1 N–H and O–H groups in total. The van der Waals surface area contributed by atoms with Crippen molar-refractivity contribution in [3.63, 3.8) is 0 Å². The highest BCUT2D eigenvalue weighted by molar-refractivity contribution is 5.48. The smallest absolute Gasteiger partial charge is 0.449 e. The van der Waals surface area contributed by atoms with E-state index in [0.29, 0.717) is 11.4 Å². The van der Waals surface area contributed by atoms with E-state index in [1.807, 2.05) is 6.07 Å². The molecule has 0 saturated carbocycles. The summed E-state index contributed by atoms with van der Waals surface area (Å²) in [4.78, 5) is 0. The van der Waals surface area contributed by atoms with E-state index in [2.05, 4.69) is 10.1 Å². The molecule has 0 aliphatic carbocycles. The summed E-state index contributed by atoms with van der Waals surface area (Å²) in [7, 11) is 0. The lowest BCUT2D eigenvalue weighted by molar-refractivity contribution is -0.274. The van der Waals surface area contributed by atoms with Crippen molar-refractivity contribution in [3.05, 3.63) is 47.9 Å². The highest BCUT2D eigenvalue weighted by atomic mass is 19.4. The highest BCUT2D eigenvalue weighted by Crippen LogP contribution is 2.25. The van der Waals surface area contributed by atoms with Crippen molar-refractivity contribution in [1.82, 2.24) is 0 Å². The fourth-order valence-corrected chi connectivity index (χ4v) is 1.53. The van der Waals surface area contributed by atoms with E-state index in [9.17, 15) is 13.2 Å². The molecular formula is C13H9F3N2O2. The molecule has 1 aromatic carbocycles. The predicted molar refractivity (Wildman–Crippen MR) is 63.9 cm³/mol. The molecule has 0 aliphatic rings. The van der Waals surface area contributed by atoms with Gasteiger partial charge in [0.15, 0.2) is 0 Å². The first-order chi connectivity index (χ1) is 9.46. The van der Waals surface area contributed by atoms with E-state index >= 15 is 0 Å². The molecule has 0 saturated heterocycles. The number of benzene rings is 1. The van der Waals surface area contributed by atoms with E-state index < -0.39 is 6.36 Å². The zero-order chi connectivity index (χ0) is 14.6. The molecule has 0 aliphatic heterocycles. The maximum Gasteiger partial charge on any atom is 0.573 e. The number of nitrogens with one attached hydrogen (secondary N) is 1. The van der Waals surface area contributed by atoms with Crippen LogP contribution < -0.4 is 10.1 Å². The normalized spacial score (nSPS) is 10.9. The second-order valence-electron chi connectivity index (χ2n) is 3.81. The van der Waals surface area contributed by atoms with Crippen molar-refractivity contribution >= 4 is 5.69 Å². The van der Waals surface area contributed by atoms with Crippen molar-refractivity contribution in [3.8, 4) is 11.8 Å². The molecular weight excluding hydrogens is 273 g/mol. The number of hydrogen-bond acceptors (Lipinski definition) is 4. The lowest BCUT2D eigenvalue weighted by Crippen LogP contribution is -2.17. The Morgan fingerprint density at radius 3 is 2.70 bits per heavy atom. The second kappa shape index (κ2) is 5.57. The molecule has 0 bridgehead atoms.